The first-order valence-electron chi connectivity index (χ1n) is 5.97. The molecule has 0 radical (unpaired) electrons. The Kier molecular flexibility index (Phi) is 5.14. The first kappa shape index (κ1) is 14.3. The molecule has 0 spiro atoms. The Bertz CT molecular complexity index is 530. The molecule has 2 rings (SSSR count). The van der Waals surface area contributed by atoms with Gasteiger partial charge in [-0.2, -0.15) is 0 Å². The third kappa shape index (κ3) is 3.90. The van der Waals surface area contributed by atoms with Gasteiger partial charge in [-0.15, -0.1) is 11.8 Å². The zero-order valence-electron chi connectivity index (χ0n) is 10.7. The summed E-state index contributed by atoms with van der Waals surface area (Å²) in [7, 11) is 1.66. The van der Waals surface area contributed by atoms with Crippen molar-refractivity contribution in [2.24, 2.45) is 5.73 Å². The Morgan fingerprint density at radius 3 is 2.53 bits per heavy atom. The van der Waals surface area contributed by atoms with Crippen LogP contribution >= 0.6 is 23.4 Å². The van der Waals surface area contributed by atoms with Crippen LogP contribution in [0.2, 0.25) is 5.02 Å². The maximum absolute atomic E-state index is 6.22. The van der Waals surface area contributed by atoms with Gasteiger partial charge in [-0.1, -0.05) is 29.8 Å². The summed E-state index contributed by atoms with van der Waals surface area (Å²) < 4.78 is 5.33. The van der Waals surface area contributed by atoms with Crippen LogP contribution < -0.4 is 10.5 Å². The van der Waals surface area contributed by atoms with Gasteiger partial charge in [0.05, 0.1) is 7.11 Å². The molecule has 100 valence electrons. The standard InChI is InChI=1S/C15H16ClNOS/c1-18-15-5-3-2-4-13(15)14(17)10-19-12-8-6-11(16)7-9-12/h2-9,14H,10,17H2,1H3. The van der Waals surface area contributed by atoms with Crippen LogP contribution in [-0.2, 0) is 0 Å². The molecule has 19 heavy (non-hydrogen) atoms. The molecule has 2 aromatic carbocycles. The minimum Gasteiger partial charge on any atom is -0.496 e. The zero-order valence-corrected chi connectivity index (χ0v) is 12.2. The molecule has 0 aliphatic heterocycles. The molecule has 1 unspecified atom stereocenters. The van der Waals surface area contributed by atoms with Crippen LogP contribution in [0.3, 0.4) is 0 Å². The SMILES string of the molecule is COc1ccccc1C(N)CSc1ccc(Cl)cc1. The summed E-state index contributed by atoms with van der Waals surface area (Å²) in [4.78, 5) is 1.16. The second kappa shape index (κ2) is 6.85. The molecule has 0 aliphatic rings. The second-order valence-corrected chi connectivity index (χ2v) is 5.64. The number of benzene rings is 2. The van der Waals surface area contributed by atoms with Crippen molar-refractivity contribution < 1.29 is 4.74 Å². The van der Waals surface area contributed by atoms with Gasteiger partial charge < -0.3 is 10.5 Å². The van der Waals surface area contributed by atoms with Crippen molar-refractivity contribution in [3.8, 4) is 5.75 Å². The third-order valence-corrected chi connectivity index (χ3v) is 4.16. The van der Waals surface area contributed by atoms with Crippen molar-refractivity contribution in [3.05, 3.63) is 59.1 Å². The molecule has 0 amide bonds. The number of hydrogen-bond acceptors (Lipinski definition) is 3. The summed E-state index contributed by atoms with van der Waals surface area (Å²) in [5.41, 5.74) is 7.26. The Hall–Kier alpha value is -1.16. The van der Waals surface area contributed by atoms with Crippen molar-refractivity contribution in [2.75, 3.05) is 12.9 Å². The number of hydrogen-bond donors (Lipinski definition) is 1. The van der Waals surface area contributed by atoms with Crippen molar-refractivity contribution in [2.45, 2.75) is 10.9 Å². The number of halogens is 1. The minimum absolute atomic E-state index is 0.0585. The number of thioether (sulfide) groups is 1. The summed E-state index contributed by atoms with van der Waals surface area (Å²) in [6, 6.07) is 15.6. The van der Waals surface area contributed by atoms with Crippen LogP contribution in [0.4, 0.5) is 0 Å². The lowest BCUT2D eigenvalue weighted by Crippen LogP contribution is -2.14. The Morgan fingerprint density at radius 2 is 1.84 bits per heavy atom. The normalized spacial score (nSPS) is 12.2. The van der Waals surface area contributed by atoms with E-state index in [2.05, 4.69) is 0 Å². The van der Waals surface area contributed by atoms with Crippen molar-refractivity contribution in [1.82, 2.24) is 0 Å². The van der Waals surface area contributed by atoms with E-state index < -0.39 is 0 Å². The average Bonchev–Trinajstić information content (AvgIpc) is 2.46. The first-order valence-corrected chi connectivity index (χ1v) is 7.34. The number of rotatable bonds is 5. The van der Waals surface area contributed by atoms with E-state index in [9.17, 15) is 0 Å². The molecule has 0 aliphatic carbocycles. The highest BCUT2D eigenvalue weighted by atomic mass is 35.5. The molecule has 4 heteroatoms. The molecular weight excluding hydrogens is 278 g/mol. The van der Waals surface area contributed by atoms with Crippen LogP contribution in [0.25, 0.3) is 0 Å². The maximum Gasteiger partial charge on any atom is 0.123 e. The van der Waals surface area contributed by atoms with E-state index in [1.54, 1.807) is 18.9 Å². The Balaban J connectivity index is 2.01. The highest BCUT2D eigenvalue weighted by Gasteiger charge is 2.11. The number of para-hydroxylation sites is 1. The lowest BCUT2D eigenvalue weighted by Gasteiger charge is -2.15. The molecule has 1 atom stereocenters. The predicted molar refractivity (Wildman–Crippen MR) is 82.1 cm³/mol. The molecule has 0 saturated heterocycles. The number of methoxy groups -OCH3 is 1. The topological polar surface area (TPSA) is 35.2 Å². The molecule has 0 heterocycles. The van der Waals surface area contributed by atoms with Crippen LogP contribution in [-0.4, -0.2) is 12.9 Å². The van der Waals surface area contributed by atoms with Gasteiger partial charge in [0.25, 0.3) is 0 Å². The second-order valence-electron chi connectivity index (χ2n) is 4.11. The molecule has 2 nitrogen and oxygen atoms in total. The van der Waals surface area contributed by atoms with Crippen LogP contribution in [0.1, 0.15) is 11.6 Å². The summed E-state index contributed by atoms with van der Waals surface area (Å²) >= 11 is 7.57. The van der Waals surface area contributed by atoms with E-state index in [4.69, 9.17) is 22.1 Å². The lowest BCUT2D eigenvalue weighted by atomic mass is 10.1. The van der Waals surface area contributed by atoms with Gasteiger partial charge in [0.1, 0.15) is 5.75 Å². The molecule has 2 aromatic rings. The smallest absolute Gasteiger partial charge is 0.123 e. The van der Waals surface area contributed by atoms with E-state index in [1.807, 2.05) is 48.5 Å². The Labute approximate surface area is 122 Å². The van der Waals surface area contributed by atoms with Gasteiger partial charge in [-0.25, -0.2) is 0 Å². The molecule has 0 bridgehead atoms. The van der Waals surface area contributed by atoms with Gasteiger partial charge in [-0.3, -0.25) is 0 Å². The predicted octanol–water partition coefficient (Wildman–Crippen LogP) is 4.14. The quantitative estimate of drug-likeness (QED) is 0.842. The van der Waals surface area contributed by atoms with Gasteiger partial charge >= 0.3 is 0 Å². The van der Waals surface area contributed by atoms with Gasteiger partial charge in [0.15, 0.2) is 0 Å². The fraction of sp³-hybridized carbons (Fsp3) is 0.200. The summed E-state index contributed by atoms with van der Waals surface area (Å²) in [6.07, 6.45) is 0. The average molecular weight is 294 g/mol. The summed E-state index contributed by atoms with van der Waals surface area (Å²) in [5.74, 6) is 1.63. The fourth-order valence-electron chi connectivity index (χ4n) is 1.78. The van der Waals surface area contributed by atoms with Crippen LogP contribution in [0.15, 0.2) is 53.4 Å². The van der Waals surface area contributed by atoms with Gasteiger partial charge in [0.2, 0.25) is 0 Å². The Morgan fingerprint density at radius 1 is 1.16 bits per heavy atom. The van der Waals surface area contributed by atoms with E-state index >= 15 is 0 Å². The molecule has 0 fully saturated rings. The lowest BCUT2D eigenvalue weighted by molar-refractivity contribution is 0.407. The van der Waals surface area contributed by atoms with Crippen molar-refractivity contribution >= 4 is 23.4 Å². The summed E-state index contributed by atoms with van der Waals surface area (Å²) in [6.45, 7) is 0. The van der Waals surface area contributed by atoms with Crippen LogP contribution in [0, 0.1) is 0 Å². The monoisotopic (exact) mass is 293 g/mol. The highest BCUT2D eigenvalue weighted by Crippen LogP contribution is 2.29. The highest BCUT2D eigenvalue weighted by molar-refractivity contribution is 7.99. The van der Waals surface area contributed by atoms with Crippen molar-refractivity contribution in [1.29, 1.82) is 0 Å². The molecule has 2 N–H and O–H groups in total. The minimum atomic E-state index is -0.0585. The van der Waals surface area contributed by atoms with E-state index in [1.165, 1.54) is 0 Å². The zero-order chi connectivity index (χ0) is 13.7. The van der Waals surface area contributed by atoms with Gasteiger partial charge in [-0.05, 0) is 30.3 Å². The summed E-state index contributed by atoms with van der Waals surface area (Å²) in [5, 5.41) is 0.748. The third-order valence-electron chi connectivity index (χ3n) is 2.78. The first-order chi connectivity index (χ1) is 9.20. The molecular formula is C15H16ClNOS. The van der Waals surface area contributed by atoms with E-state index in [0.717, 1.165) is 27.0 Å². The fourth-order valence-corrected chi connectivity index (χ4v) is 2.79. The van der Waals surface area contributed by atoms with Crippen LogP contribution in [0.5, 0.6) is 5.75 Å². The van der Waals surface area contributed by atoms with Gasteiger partial charge in [0, 0.05) is 27.3 Å². The molecule has 0 saturated carbocycles. The number of ether oxygens (including phenoxy) is 1. The van der Waals surface area contributed by atoms with Crippen molar-refractivity contribution in [3.63, 3.8) is 0 Å². The molecule has 0 aromatic heterocycles. The van der Waals surface area contributed by atoms with E-state index in [-0.39, 0.29) is 6.04 Å². The maximum atomic E-state index is 6.22. The van der Waals surface area contributed by atoms with E-state index in [0.29, 0.717) is 0 Å². The number of nitrogens with two attached hydrogens (primary N) is 1. The largest absolute Gasteiger partial charge is 0.496 e.